The zero-order valence-electron chi connectivity index (χ0n) is 16.6. The van der Waals surface area contributed by atoms with E-state index in [-0.39, 0.29) is 6.10 Å². The molecule has 26 heavy (non-hydrogen) atoms. The highest BCUT2D eigenvalue weighted by Gasteiger charge is 2.25. The van der Waals surface area contributed by atoms with E-state index in [9.17, 15) is 5.11 Å². The topological polar surface area (TPSA) is 35.9 Å². The molecular weight excluding hydrogens is 324 g/mol. The van der Waals surface area contributed by atoms with Gasteiger partial charge in [-0.1, -0.05) is 38.1 Å². The maximum atomic E-state index is 10.4. The number of likely N-dealkylation sites (tertiary alicyclic amines) is 1. The summed E-state index contributed by atoms with van der Waals surface area (Å²) < 4.78 is 5.44. The number of piperidine rings is 1. The number of nitrogens with zero attached hydrogens (tertiary/aromatic N) is 2. The van der Waals surface area contributed by atoms with E-state index in [0.717, 1.165) is 71.7 Å². The Hall–Kier alpha value is -0.940. The molecule has 3 rings (SSSR count). The SMILES string of the molecule is CC(C)CC(O)C1CCN(Cc2cccc(CN3CCOCC3)c2)CC1. The monoisotopic (exact) mass is 360 g/mol. The van der Waals surface area contributed by atoms with Crippen LogP contribution in [-0.4, -0.2) is 60.4 Å². The van der Waals surface area contributed by atoms with Crippen molar-refractivity contribution in [3.8, 4) is 0 Å². The maximum absolute atomic E-state index is 10.4. The molecule has 4 nitrogen and oxygen atoms in total. The van der Waals surface area contributed by atoms with Crippen LogP contribution in [0.2, 0.25) is 0 Å². The second-order valence-corrected chi connectivity index (χ2v) is 8.52. The molecule has 1 N–H and O–H groups in total. The number of ether oxygens (including phenoxy) is 1. The highest BCUT2D eigenvalue weighted by molar-refractivity contribution is 5.23. The molecule has 0 bridgehead atoms. The molecular formula is C22H36N2O2. The Balaban J connectivity index is 1.46. The maximum Gasteiger partial charge on any atom is 0.0594 e. The Morgan fingerprint density at radius 2 is 1.58 bits per heavy atom. The van der Waals surface area contributed by atoms with Crippen molar-refractivity contribution in [2.75, 3.05) is 39.4 Å². The third-order valence-corrected chi connectivity index (χ3v) is 5.80. The Bertz CT molecular complexity index is 535. The number of hydrogen-bond acceptors (Lipinski definition) is 4. The Morgan fingerprint density at radius 3 is 2.15 bits per heavy atom. The predicted octanol–water partition coefficient (Wildman–Crippen LogP) is 3.14. The number of morpholine rings is 1. The molecule has 0 saturated carbocycles. The van der Waals surface area contributed by atoms with Crippen molar-refractivity contribution >= 4 is 0 Å². The van der Waals surface area contributed by atoms with Crippen LogP contribution in [0.25, 0.3) is 0 Å². The number of rotatable bonds is 7. The zero-order valence-corrected chi connectivity index (χ0v) is 16.6. The zero-order chi connectivity index (χ0) is 18.4. The molecule has 1 aromatic rings. The number of aliphatic hydroxyl groups is 1. The van der Waals surface area contributed by atoms with Gasteiger partial charge in [-0.25, -0.2) is 0 Å². The molecule has 146 valence electrons. The molecule has 0 spiro atoms. The minimum Gasteiger partial charge on any atom is -0.393 e. The van der Waals surface area contributed by atoms with Gasteiger partial charge in [0.2, 0.25) is 0 Å². The molecule has 1 aromatic carbocycles. The van der Waals surface area contributed by atoms with Crippen molar-refractivity contribution < 1.29 is 9.84 Å². The van der Waals surface area contributed by atoms with E-state index in [0.29, 0.717) is 11.8 Å². The van der Waals surface area contributed by atoms with Crippen molar-refractivity contribution in [1.82, 2.24) is 9.80 Å². The van der Waals surface area contributed by atoms with Gasteiger partial charge in [-0.3, -0.25) is 9.80 Å². The van der Waals surface area contributed by atoms with Crippen LogP contribution in [0.5, 0.6) is 0 Å². The lowest BCUT2D eigenvalue weighted by atomic mass is 9.87. The molecule has 0 aromatic heterocycles. The fraction of sp³-hybridized carbons (Fsp3) is 0.727. The van der Waals surface area contributed by atoms with Gasteiger partial charge in [-0.2, -0.15) is 0 Å². The van der Waals surface area contributed by atoms with E-state index in [1.807, 2.05) is 0 Å². The summed E-state index contributed by atoms with van der Waals surface area (Å²) in [5.74, 6) is 1.07. The van der Waals surface area contributed by atoms with Crippen LogP contribution < -0.4 is 0 Å². The lowest BCUT2D eigenvalue weighted by Crippen LogP contribution is -2.37. The van der Waals surface area contributed by atoms with Gasteiger partial charge in [0.15, 0.2) is 0 Å². The summed E-state index contributed by atoms with van der Waals surface area (Å²) in [6, 6.07) is 9.06. The first-order valence-corrected chi connectivity index (χ1v) is 10.4. The van der Waals surface area contributed by atoms with Gasteiger partial charge >= 0.3 is 0 Å². The molecule has 2 saturated heterocycles. The van der Waals surface area contributed by atoms with Gasteiger partial charge in [0.1, 0.15) is 0 Å². The van der Waals surface area contributed by atoms with Crippen LogP contribution in [-0.2, 0) is 17.8 Å². The largest absolute Gasteiger partial charge is 0.393 e. The van der Waals surface area contributed by atoms with Crippen LogP contribution in [0.1, 0.15) is 44.2 Å². The van der Waals surface area contributed by atoms with Crippen molar-refractivity contribution in [3.63, 3.8) is 0 Å². The average Bonchev–Trinajstić information content (AvgIpc) is 2.63. The molecule has 2 aliphatic heterocycles. The van der Waals surface area contributed by atoms with Gasteiger partial charge in [-0.05, 0) is 55.3 Å². The summed E-state index contributed by atoms with van der Waals surface area (Å²) in [5, 5.41) is 10.4. The second-order valence-electron chi connectivity index (χ2n) is 8.52. The van der Waals surface area contributed by atoms with E-state index in [1.54, 1.807) is 0 Å². The fourth-order valence-electron chi connectivity index (χ4n) is 4.27. The first-order valence-electron chi connectivity index (χ1n) is 10.4. The van der Waals surface area contributed by atoms with Crippen LogP contribution in [0, 0.1) is 11.8 Å². The highest BCUT2D eigenvalue weighted by Crippen LogP contribution is 2.25. The normalized spacial score (nSPS) is 22.0. The molecule has 1 unspecified atom stereocenters. The Morgan fingerprint density at radius 1 is 1.00 bits per heavy atom. The molecule has 0 radical (unpaired) electrons. The van der Waals surface area contributed by atoms with E-state index >= 15 is 0 Å². The van der Waals surface area contributed by atoms with Gasteiger partial charge in [-0.15, -0.1) is 0 Å². The lowest BCUT2D eigenvalue weighted by molar-refractivity contribution is 0.0341. The second kappa shape index (κ2) is 9.84. The Kier molecular flexibility index (Phi) is 7.50. The first kappa shape index (κ1) is 19.8. The van der Waals surface area contributed by atoms with Gasteiger partial charge in [0.05, 0.1) is 19.3 Å². The predicted molar refractivity (Wildman–Crippen MR) is 106 cm³/mol. The summed E-state index contributed by atoms with van der Waals surface area (Å²) in [6.07, 6.45) is 3.07. The van der Waals surface area contributed by atoms with E-state index in [1.165, 1.54) is 11.1 Å². The van der Waals surface area contributed by atoms with Crippen LogP contribution >= 0.6 is 0 Å². The van der Waals surface area contributed by atoms with Crippen molar-refractivity contribution in [1.29, 1.82) is 0 Å². The van der Waals surface area contributed by atoms with Gasteiger partial charge in [0.25, 0.3) is 0 Å². The van der Waals surface area contributed by atoms with Crippen LogP contribution in [0.15, 0.2) is 24.3 Å². The number of benzene rings is 1. The highest BCUT2D eigenvalue weighted by atomic mass is 16.5. The average molecular weight is 361 g/mol. The first-order chi connectivity index (χ1) is 12.6. The minimum atomic E-state index is -0.117. The third kappa shape index (κ3) is 6.05. The molecule has 0 amide bonds. The lowest BCUT2D eigenvalue weighted by Gasteiger charge is -2.34. The summed E-state index contributed by atoms with van der Waals surface area (Å²) in [7, 11) is 0. The standard InChI is InChI=1S/C22H36N2O2/c1-18(2)14-22(25)21-6-8-23(9-7-21)16-19-4-3-5-20(15-19)17-24-10-12-26-13-11-24/h3-5,15,18,21-22,25H,6-14,16-17H2,1-2H3. The molecule has 2 heterocycles. The van der Waals surface area contributed by atoms with E-state index in [2.05, 4.69) is 47.9 Å². The quantitative estimate of drug-likeness (QED) is 0.810. The Labute approximate surface area is 159 Å². The summed E-state index contributed by atoms with van der Waals surface area (Å²) in [6.45, 7) is 12.5. The molecule has 1 atom stereocenters. The minimum absolute atomic E-state index is 0.117. The summed E-state index contributed by atoms with van der Waals surface area (Å²) in [5.41, 5.74) is 2.82. The van der Waals surface area contributed by atoms with Crippen molar-refractivity contribution in [2.45, 2.75) is 52.3 Å². The third-order valence-electron chi connectivity index (χ3n) is 5.80. The van der Waals surface area contributed by atoms with E-state index < -0.39 is 0 Å². The van der Waals surface area contributed by atoms with Crippen LogP contribution in [0.3, 0.4) is 0 Å². The molecule has 2 fully saturated rings. The van der Waals surface area contributed by atoms with Gasteiger partial charge in [0, 0.05) is 26.2 Å². The van der Waals surface area contributed by atoms with Crippen LogP contribution in [0.4, 0.5) is 0 Å². The number of hydrogen-bond donors (Lipinski definition) is 1. The van der Waals surface area contributed by atoms with E-state index in [4.69, 9.17) is 4.74 Å². The van der Waals surface area contributed by atoms with Gasteiger partial charge < -0.3 is 9.84 Å². The van der Waals surface area contributed by atoms with Crippen molar-refractivity contribution in [2.24, 2.45) is 11.8 Å². The smallest absolute Gasteiger partial charge is 0.0594 e. The molecule has 0 aliphatic carbocycles. The summed E-state index contributed by atoms with van der Waals surface area (Å²) in [4.78, 5) is 5.02. The number of aliphatic hydroxyl groups excluding tert-OH is 1. The van der Waals surface area contributed by atoms with Crippen molar-refractivity contribution in [3.05, 3.63) is 35.4 Å². The molecule has 4 heteroatoms. The summed E-state index contributed by atoms with van der Waals surface area (Å²) >= 11 is 0. The fourth-order valence-corrected chi connectivity index (χ4v) is 4.27. The molecule has 2 aliphatic rings.